The van der Waals surface area contributed by atoms with Crippen LogP contribution in [-0.2, 0) is 9.59 Å². The van der Waals surface area contributed by atoms with Crippen molar-refractivity contribution in [2.75, 3.05) is 5.75 Å². The second kappa shape index (κ2) is 2.97. The Morgan fingerprint density at radius 1 is 1.71 bits per heavy atom. The van der Waals surface area contributed by atoms with Crippen molar-refractivity contribution in [3.05, 3.63) is 0 Å². The summed E-state index contributed by atoms with van der Waals surface area (Å²) in [6, 6.07) is -0.680. The number of ketones is 1. The molecular weight excluding hydrogens is 200 g/mol. The maximum atomic E-state index is 11.7. The summed E-state index contributed by atoms with van der Waals surface area (Å²) in [7, 11) is 0. The zero-order valence-electron chi connectivity index (χ0n) is 8.32. The van der Waals surface area contributed by atoms with E-state index in [1.54, 1.807) is 16.7 Å². The summed E-state index contributed by atoms with van der Waals surface area (Å²) in [6.45, 7) is 3.53. The lowest BCUT2D eigenvalue weighted by atomic mass is 10.1. The minimum Gasteiger partial charge on any atom is -0.320 e. The zero-order chi connectivity index (χ0) is 10.5. The quantitative estimate of drug-likeness (QED) is 0.665. The lowest BCUT2D eigenvalue weighted by Crippen LogP contribution is -2.46. The Labute approximate surface area is 87.2 Å². The Bertz CT molecular complexity index is 307. The smallest absolute Gasteiger partial charge is 0.241 e. The van der Waals surface area contributed by atoms with Gasteiger partial charge in [0.25, 0.3) is 0 Å². The Morgan fingerprint density at radius 2 is 2.36 bits per heavy atom. The molecule has 0 radical (unpaired) electrons. The van der Waals surface area contributed by atoms with Gasteiger partial charge in [-0.05, 0) is 13.8 Å². The molecule has 2 aliphatic rings. The van der Waals surface area contributed by atoms with Gasteiger partial charge in [-0.3, -0.25) is 9.59 Å². The fourth-order valence-corrected chi connectivity index (χ4v) is 3.80. The number of hydrogen-bond donors (Lipinski definition) is 1. The number of rotatable bonds is 1. The summed E-state index contributed by atoms with van der Waals surface area (Å²) in [5, 5.41) is 0. The third-order valence-electron chi connectivity index (χ3n) is 3.00. The summed E-state index contributed by atoms with van der Waals surface area (Å²) in [5.74, 6) is 0.700. The molecule has 4 nitrogen and oxygen atoms in total. The number of nitrogens with zero attached hydrogens (tertiary/aromatic N) is 1. The fourth-order valence-electron chi connectivity index (χ4n) is 2.25. The first-order valence-electron chi connectivity index (χ1n) is 4.69. The van der Waals surface area contributed by atoms with Crippen molar-refractivity contribution in [1.29, 1.82) is 0 Å². The van der Waals surface area contributed by atoms with Crippen LogP contribution in [0.15, 0.2) is 0 Å². The highest BCUT2D eigenvalue weighted by Gasteiger charge is 2.55. The van der Waals surface area contributed by atoms with E-state index in [0.29, 0.717) is 12.2 Å². The lowest BCUT2D eigenvalue weighted by molar-refractivity contribution is -0.136. The number of amides is 1. The summed E-state index contributed by atoms with van der Waals surface area (Å²) >= 11 is 1.66. The summed E-state index contributed by atoms with van der Waals surface area (Å²) in [5.41, 5.74) is 5.70. The number of carbonyl (C=O) groups excluding carboxylic acids is 2. The van der Waals surface area contributed by atoms with E-state index in [9.17, 15) is 9.59 Å². The standard InChI is InChI=1S/C9H14N2O2S/c1-5(12)7-4-14-9(2)3-6(10)8(13)11(7)9/h6-7H,3-4,10H2,1-2H3/t6-,7-,9?/m1/s1. The second-order valence-corrected chi connectivity index (χ2v) is 5.63. The van der Waals surface area contributed by atoms with E-state index in [0.717, 1.165) is 0 Å². The average Bonchev–Trinajstić information content (AvgIpc) is 2.50. The first-order valence-corrected chi connectivity index (χ1v) is 5.67. The summed E-state index contributed by atoms with van der Waals surface area (Å²) < 4.78 is 0. The van der Waals surface area contributed by atoms with Gasteiger partial charge in [-0.15, -0.1) is 11.8 Å². The van der Waals surface area contributed by atoms with Gasteiger partial charge in [-0.2, -0.15) is 0 Å². The monoisotopic (exact) mass is 214 g/mol. The third-order valence-corrected chi connectivity index (χ3v) is 4.46. The molecule has 2 rings (SSSR count). The number of thioether (sulfide) groups is 1. The predicted octanol–water partition coefficient (Wildman–Crippen LogP) is -0.0334. The van der Waals surface area contributed by atoms with Crippen LogP contribution in [0.2, 0.25) is 0 Å². The molecule has 2 aliphatic heterocycles. The molecule has 1 unspecified atom stereocenters. The fraction of sp³-hybridized carbons (Fsp3) is 0.778. The molecule has 2 saturated heterocycles. The maximum Gasteiger partial charge on any atom is 0.241 e. The second-order valence-electron chi connectivity index (χ2n) is 4.13. The van der Waals surface area contributed by atoms with Crippen LogP contribution >= 0.6 is 11.8 Å². The first kappa shape index (κ1) is 9.98. The van der Waals surface area contributed by atoms with E-state index in [1.807, 2.05) is 6.92 Å². The van der Waals surface area contributed by atoms with Crippen LogP contribution in [0.25, 0.3) is 0 Å². The van der Waals surface area contributed by atoms with Crippen LogP contribution in [0.1, 0.15) is 20.3 Å². The van der Waals surface area contributed by atoms with Crippen LogP contribution in [0.5, 0.6) is 0 Å². The van der Waals surface area contributed by atoms with E-state index in [2.05, 4.69) is 0 Å². The number of carbonyl (C=O) groups is 2. The molecule has 78 valence electrons. The van der Waals surface area contributed by atoms with Gasteiger partial charge in [-0.1, -0.05) is 0 Å². The normalized spacial score (nSPS) is 41.6. The van der Waals surface area contributed by atoms with Crippen LogP contribution in [-0.4, -0.2) is 39.3 Å². The molecule has 3 atom stereocenters. The maximum absolute atomic E-state index is 11.7. The Morgan fingerprint density at radius 3 is 2.93 bits per heavy atom. The minimum atomic E-state index is -0.422. The van der Waals surface area contributed by atoms with Gasteiger partial charge in [0.15, 0.2) is 5.78 Å². The third kappa shape index (κ3) is 1.19. The highest BCUT2D eigenvalue weighted by Crippen LogP contribution is 2.46. The van der Waals surface area contributed by atoms with Crippen molar-refractivity contribution >= 4 is 23.5 Å². The molecule has 0 aromatic heterocycles. The zero-order valence-corrected chi connectivity index (χ0v) is 9.13. The van der Waals surface area contributed by atoms with Gasteiger partial charge in [0.05, 0.1) is 10.9 Å². The van der Waals surface area contributed by atoms with Gasteiger partial charge < -0.3 is 10.6 Å². The Balaban J connectivity index is 2.32. The SMILES string of the molecule is CC(=O)[C@H]1CSC2(C)C[C@@H](N)C(=O)N12. The highest BCUT2D eigenvalue weighted by atomic mass is 32.2. The van der Waals surface area contributed by atoms with Crippen molar-refractivity contribution < 1.29 is 9.59 Å². The van der Waals surface area contributed by atoms with Crippen molar-refractivity contribution in [1.82, 2.24) is 4.90 Å². The first-order chi connectivity index (χ1) is 6.46. The summed E-state index contributed by atoms with van der Waals surface area (Å²) in [4.78, 5) is 24.5. The molecule has 2 N–H and O–H groups in total. The molecule has 1 amide bonds. The number of fused-ring (bicyclic) bond motifs is 1. The predicted molar refractivity (Wildman–Crippen MR) is 54.8 cm³/mol. The van der Waals surface area contributed by atoms with E-state index >= 15 is 0 Å². The van der Waals surface area contributed by atoms with Crippen LogP contribution in [0.3, 0.4) is 0 Å². The molecule has 0 spiro atoms. The largest absolute Gasteiger partial charge is 0.320 e. The number of nitrogens with two attached hydrogens (primary N) is 1. The molecule has 2 fully saturated rings. The van der Waals surface area contributed by atoms with E-state index < -0.39 is 6.04 Å². The van der Waals surface area contributed by atoms with Gasteiger partial charge in [0, 0.05) is 12.2 Å². The van der Waals surface area contributed by atoms with Crippen LogP contribution in [0.4, 0.5) is 0 Å². The molecule has 0 aliphatic carbocycles. The summed E-state index contributed by atoms with van der Waals surface area (Å²) in [6.07, 6.45) is 0.653. The van der Waals surface area contributed by atoms with Crippen molar-refractivity contribution in [2.45, 2.75) is 37.2 Å². The highest BCUT2D eigenvalue weighted by molar-refractivity contribution is 8.01. The van der Waals surface area contributed by atoms with Gasteiger partial charge in [-0.25, -0.2) is 0 Å². The molecular formula is C9H14N2O2S. The van der Waals surface area contributed by atoms with E-state index in [1.165, 1.54) is 6.92 Å². The lowest BCUT2D eigenvalue weighted by Gasteiger charge is -2.29. The molecule has 0 aromatic rings. The number of hydrogen-bond acceptors (Lipinski definition) is 4. The number of Topliss-reactive ketones (excluding diaryl/α,β-unsaturated/α-hetero) is 1. The van der Waals surface area contributed by atoms with Crippen molar-refractivity contribution in [2.24, 2.45) is 5.73 Å². The molecule has 2 heterocycles. The Hall–Kier alpha value is -0.550. The van der Waals surface area contributed by atoms with Crippen molar-refractivity contribution in [3.63, 3.8) is 0 Å². The van der Waals surface area contributed by atoms with E-state index in [-0.39, 0.29) is 22.6 Å². The van der Waals surface area contributed by atoms with Crippen LogP contribution < -0.4 is 5.73 Å². The topological polar surface area (TPSA) is 63.4 Å². The van der Waals surface area contributed by atoms with Gasteiger partial charge >= 0.3 is 0 Å². The molecule has 14 heavy (non-hydrogen) atoms. The molecule has 0 aromatic carbocycles. The van der Waals surface area contributed by atoms with Gasteiger partial charge in [0.2, 0.25) is 5.91 Å². The minimum absolute atomic E-state index is 0.0590. The van der Waals surface area contributed by atoms with Crippen molar-refractivity contribution in [3.8, 4) is 0 Å². The molecule has 0 saturated carbocycles. The molecule has 5 heteroatoms. The van der Waals surface area contributed by atoms with Gasteiger partial charge in [0.1, 0.15) is 6.04 Å². The average molecular weight is 214 g/mol. The van der Waals surface area contributed by atoms with Crippen LogP contribution in [0, 0.1) is 0 Å². The van der Waals surface area contributed by atoms with E-state index in [4.69, 9.17) is 5.73 Å². The molecule has 0 bridgehead atoms. The Kier molecular flexibility index (Phi) is 2.12.